The van der Waals surface area contributed by atoms with E-state index in [0.717, 1.165) is 25.0 Å². The van der Waals surface area contributed by atoms with Gasteiger partial charge in [0.1, 0.15) is 17.2 Å². The molecule has 1 spiro atoms. The summed E-state index contributed by atoms with van der Waals surface area (Å²) in [5.74, 6) is -1.75. The lowest BCUT2D eigenvalue weighted by Gasteiger charge is -2.39. The van der Waals surface area contributed by atoms with Gasteiger partial charge in [-0.05, 0) is 18.9 Å². The molecule has 0 radical (unpaired) electrons. The van der Waals surface area contributed by atoms with E-state index in [-0.39, 0.29) is 30.5 Å². The van der Waals surface area contributed by atoms with Crippen molar-refractivity contribution in [3.05, 3.63) is 35.4 Å². The van der Waals surface area contributed by atoms with Crippen LogP contribution in [0, 0.1) is 11.6 Å². The SMILES string of the molecule is O=C1CN(Cc2ccc(F)cc2F)C(=O)C2(CCCC2)N1. The Hall–Kier alpha value is -1.98. The van der Waals surface area contributed by atoms with Gasteiger partial charge >= 0.3 is 0 Å². The van der Waals surface area contributed by atoms with Gasteiger partial charge in [0, 0.05) is 18.2 Å². The van der Waals surface area contributed by atoms with E-state index in [1.165, 1.54) is 11.0 Å². The number of hydrogen-bond acceptors (Lipinski definition) is 2. The molecule has 0 atom stereocenters. The topological polar surface area (TPSA) is 49.4 Å². The number of rotatable bonds is 2. The van der Waals surface area contributed by atoms with Crippen molar-refractivity contribution in [3.8, 4) is 0 Å². The lowest BCUT2D eigenvalue weighted by atomic mass is 9.93. The Kier molecular flexibility index (Phi) is 3.39. The second-order valence-electron chi connectivity index (χ2n) is 5.73. The summed E-state index contributed by atoms with van der Waals surface area (Å²) < 4.78 is 26.6. The molecule has 0 aromatic heterocycles. The van der Waals surface area contributed by atoms with Gasteiger partial charge in [-0.25, -0.2) is 8.78 Å². The number of hydrogen-bond donors (Lipinski definition) is 1. The maximum Gasteiger partial charge on any atom is 0.249 e. The molecule has 112 valence electrons. The Bertz CT molecular complexity index is 597. The lowest BCUT2D eigenvalue weighted by Crippen LogP contribution is -2.65. The third kappa shape index (κ3) is 2.50. The molecule has 0 bridgehead atoms. The molecule has 4 nitrogen and oxygen atoms in total. The highest BCUT2D eigenvalue weighted by molar-refractivity contribution is 5.98. The molecule has 1 aliphatic carbocycles. The van der Waals surface area contributed by atoms with Crippen molar-refractivity contribution in [2.45, 2.75) is 37.8 Å². The fraction of sp³-hybridized carbons (Fsp3) is 0.467. The van der Waals surface area contributed by atoms with E-state index < -0.39 is 17.2 Å². The monoisotopic (exact) mass is 294 g/mol. The van der Waals surface area contributed by atoms with E-state index in [4.69, 9.17) is 0 Å². The number of piperazine rings is 1. The number of carbonyl (C=O) groups is 2. The van der Waals surface area contributed by atoms with Gasteiger partial charge in [0.15, 0.2) is 0 Å². The van der Waals surface area contributed by atoms with E-state index in [1.807, 2.05) is 0 Å². The summed E-state index contributed by atoms with van der Waals surface area (Å²) in [6, 6.07) is 3.25. The maximum atomic E-state index is 13.7. The van der Waals surface area contributed by atoms with Gasteiger partial charge < -0.3 is 10.2 Å². The van der Waals surface area contributed by atoms with Crippen molar-refractivity contribution in [1.29, 1.82) is 0 Å². The molecule has 1 aliphatic heterocycles. The van der Waals surface area contributed by atoms with Gasteiger partial charge in [-0.15, -0.1) is 0 Å². The molecule has 3 rings (SSSR count). The van der Waals surface area contributed by atoms with Gasteiger partial charge in [0.25, 0.3) is 0 Å². The Balaban J connectivity index is 1.84. The fourth-order valence-electron chi connectivity index (χ4n) is 3.21. The number of benzene rings is 1. The summed E-state index contributed by atoms with van der Waals surface area (Å²) in [7, 11) is 0. The molecule has 21 heavy (non-hydrogen) atoms. The van der Waals surface area contributed by atoms with Crippen LogP contribution in [0.2, 0.25) is 0 Å². The van der Waals surface area contributed by atoms with E-state index >= 15 is 0 Å². The van der Waals surface area contributed by atoms with E-state index in [9.17, 15) is 18.4 Å². The fourth-order valence-corrected chi connectivity index (χ4v) is 3.21. The molecule has 2 aliphatic rings. The van der Waals surface area contributed by atoms with Crippen molar-refractivity contribution in [1.82, 2.24) is 10.2 Å². The van der Waals surface area contributed by atoms with Crippen molar-refractivity contribution < 1.29 is 18.4 Å². The summed E-state index contributed by atoms with van der Waals surface area (Å²) in [6.45, 7) is -0.0997. The van der Waals surface area contributed by atoms with E-state index in [1.54, 1.807) is 0 Å². The zero-order valence-electron chi connectivity index (χ0n) is 11.5. The van der Waals surface area contributed by atoms with Gasteiger partial charge in [0.05, 0.1) is 6.54 Å². The first-order chi connectivity index (χ1) is 10.00. The molecule has 1 saturated heterocycles. The van der Waals surface area contributed by atoms with Crippen LogP contribution in [0.5, 0.6) is 0 Å². The Morgan fingerprint density at radius 1 is 1.19 bits per heavy atom. The highest BCUT2D eigenvalue weighted by Gasteiger charge is 2.48. The third-order valence-corrected chi connectivity index (χ3v) is 4.24. The highest BCUT2D eigenvalue weighted by Crippen LogP contribution is 2.33. The average molecular weight is 294 g/mol. The lowest BCUT2D eigenvalue weighted by molar-refractivity contribution is -0.150. The summed E-state index contributed by atoms with van der Waals surface area (Å²) in [6.07, 6.45) is 3.04. The number of amides is 2. The normalized spacial score (nSPS) is 21.0. The van der Waals surface area contributed by atoms with Crippen LogP contribution in [-0.2, 0) is 16.1 Å². The molecular weight excluding hydrogens is 278 g/mol. The first kappa shape index (κ1) is 14.0. The zero-order chi connectivity index (χ0) is 15.0. The predicted molar refractivity (Wildman–Crippen MR) is 71.1 cm³/mol. The predicted octanol–water partition coefficient (Wildman–Crippen LogP) is 1.74. The summed E-state index contributed by atoms with van der Waals surface area (Å²) in [5, 5.41) is 2.80. The molecule has 2 amide bonds. The quantitative estimate of drug-likeness (QED) is 0.903. The molecule has 1 aromatic rings. The minimum absolute atomic E-state index is 0.0138. The number of nitrogens with zero attached hydrogens (tertiary/aromatic N) is 1. The first-order valence-electron chi connectivity index (χ1n) is 7.04. The Labute approximate surface area is 121 Å². The van der Waals surface area contributed by atoms with Crippen LogP contribution in [0.15, 0.2) is 18.2 Å². The largest absolute Gasteiger partial charge is 0.340 e. The summed E-state index contributed by atoms with van der Waals surface area (Å²) in [4.78, 5) is 25.8. The average Bonchev–Trinajstić information content (AvgIpc) is 2.88. The van der Waals surface area contributed by atoms with E-state index in [2.05, 4.69) is 5.32 Å². The number of carbonyl (C=O) groups excluding carboxylic acids is 2. The number of nitrogens with one attached hydrogen (secondary N) is 1. The molecule has 1 saturated carbocycles. The number of halogens is 2. The maximum absolute atomic E-state index is 13.7. The molecule has 0 unspecified atom stereocenters. The highest BCUT2D eigenvalue weighted by atomic mass is 19.1. The zero-order valence-corrected chi connectivity index (χ0v) is 11.5. The second-order valence-corrected chi connectivity index (χ2v) is 5.73. The van der Waals surface area contributed by atoms with Gasteiger partial charge in [-0.1, -0.05) is 18.9 Å². The van der Waals surface area contributed by atoms with Gasteiger partial charge in [-0.3, -0.25) is 9.59 Å². The van der Waals surface area contributed by atoms with Crippen LogP contribution >= 0.6 is 0 Å². The van der Waals surface area contributed by atoms with Gasteiger partial charge in [0.2, 0.25) is 11.8 Å². The summed E-state index contributed by atoms with van der Waals surface area (Å²) in [5.41, 5.74) is -0.598. The summed E-state index contributed by atoms with van der Waals surface area (Å²) >= 11 is 0. The minimum atomic E-state index is -0.814. The van der Waals surface area contributed by atoms with Crippen LogP contribution in [0.25, 0.3) is 0 Å². The molecule has 1 N–H and O–H groups in total. The van der Waals surface area contributed by atoms with Crippen molar-refractivity contribution in [2.24, 2.45) is 0 Å². The van der Waals surface area contributed by atoms with Crippen molar-refractivity contribution >= 4 is 11.8 Å². The van der Waals surface area contributed by atoms with Crippen LogP contribution in [0.3, 0.4) is 0 Å². The van der Waals surface area contributed by atoms with Gasteiger partial charge in [-0.2, -0.15) is 0 Å². The molecule has 1 heterocycles. The first-order valence-corrected chi connectivity index (χ1v) is 7.04. The van der Waals surface area contributed by atoms with Crippen LogP contribution in [0.1, 0.15) is 31.2 Å². The Morgan fingerprint density at radius 2 is 1.90 bits per heavy atom. The smallest absolute Gasteiger partial charge is 0.249 e. The Morgan fingerprint density at radius 3 is 2.57 bits per heavy atom. The molecule has 6 heteroatoms. The molecule has 1 aromatic carbocycles. The standard InChI is InChI=1S/C15H16F2N2O2/c16-11-4-3-10(12(17)7-11)8-19-9-13(20)18-15(14(19)21)5-1-2-6-15/h3-4,7H,1-2,5-6,8-9H2,(H,18,20). The van der Waals surface area contributed by atoms with Crippen LogP contribution in [-0.4, -0.2) is 28.8 Å². The van der Waals surface area contributed by atoms with Crippen molar-refractivity contribution in [3.63, 3.8) is 0 Å². The molecular formula is C15H16F2N2O2. The van der Waals surface area contributed by atoms with E-state index in [0.29, 0.717) is 12.8 Å². The van der Waals surface area contributed by atoms with Crippen LogP contribution in [0.4, 0.5) is 8.78 Å². The molecule has 2 fully saturated rings. The third-order valence-electron chi connectivity index (χ3n) is 4.24. The van der Waals surface area contributed by atoms with Crippen molar-refractivity contribution in [2.75, 3.05) is 6.54 Å². The minimum Gasteiger partial charge on any atom is -0.340 e. The van der Waals surface area contributed by atoms with Crippen LogP contribution < -0.4 is 5.32 Å². The second kappa shape index (κ2) is 5.09.